The Morgan fingerprint density at radius 1 is 1.36 bits per heavy atom. The second kappa shape index (κ2) is 3.89. The van der Waals surface area contributed by atoms with E-state index in [9.17, 15) is 8.78 Å². The predicted molar refractivity (Wildman–Crippen MR) is 45.1 cm³/mol. The van der Waals surface area contributed by atoms with Crippen molar-refractivity contribution in [2.45, 2.75) is 12.0 Å². The minimum atomic E-state index is -3.60. The summed E-state index contributed by atoms with van der Waals surface area (Å²) in [6.07, 6.45) is -2.11. The Balaban J connectivity index is 2.94. The van der Waals surface area contributed by atoms with Crippen molar-refractivity contribution in [2.24, 2.45) is 0 Å². The van der Waals surface area contributed by atoms with E-state index in [-0.39, 0.29) is 11.3 Å². The molecule has 1 rings (SSSR count). The molecule has 0 amide bonds. The summed E-state index contributed by atoms with van der Waals surface area (Å²) < 4.78 is 25.6. The largest absolute Gasteiger partial charge is 0.508 e. The summed E-state index contributed by atoms with van der Waals surface area (Å²) in [7, 11) is 0. The average molecular weight is 204 g/mol. The minimum Gasteiger partial charge on any atom is -0.508 e. The van der Waals surface area contributed by atoms with Gasteiger partial charge in [-0.15, -0.1) is 0 Å². The number of aromatic hydroxyl groups is 1. The van der Waals surface area contributed by atoms with Gasteiger partial charge >= 0.3 is 0 Å². The quantitative estimate of drug-likeness (QED) is 0.689. The molecule has 0 aromatic heterocycles. The first-order chi connectivity index (χ1) is 6.47. The van der Waals surface area contributed by atoms with Crippen LogP contribution in [0.5, 0.6) is 5.75 Å². The fourth-order valence-corrected chi connectivity index (χ4v) is 1.03. The van der Waals surface area contributed by atoms with Gasteiger partial charge in [0.2, 0.25) is 0 Å². The van der Waals surface area contributed by atoms with E-state index in [1.165, 1.54) is 18.2 Å². The number of aliphatic hydroxyl groups is 2. The first-order valence-electron chi connectivity index (χ1n) is 3.93. The Hall–Kier alpha value is -1.20. The summed E-state index contributed by atoms with van der Waals surface area (Å²) in [6, 6.07) is 4.90. The predicted octanol–water partition coefficient (Wildman–Crippen LogP) is 1.05. The van der Waals surface area contributed by atoms with Gasteiger partial charge in [-0.2, -0.15) is 0 Å². The number of hydrogen-bond acceptors (Lipinski definition) is 3. The van der Waals surface area contributed by atoms with Crippen molar-refractivity contribution < 1.29 is 24.1 Å². The van der Waals surface area contributed by atoms with Gasteiger partial charge in [0, 0.05) is 0 Å². The van der Waals surface area contributed by atoms with E-state index >= 15 is 0 Å². The lowest BCUT2D eigenvalue weighted by molar-refractivity contribution is -0.138. The fourth-order valence-electron chi connectivity index (χ4n) is 1.03. The number of aliphatic hydroxyl groups excluding tert-OH is 2. The molecule has 0 aliphatic rings. The van der Waals surface area contributed by atoms with Gasteiger partial charge in [-0.05, 0) is 17.7 Å². The number of hydrogen-bond donors (Lipinski definition) is 3. The van der Waals surface area contributed by atoms with Crippen LogP contribution in [0.25, 0.3) is 0 Å². The van der Waals surface area contributed by atoms with Crippen LogP contribution in [0, 0.1) is 0 Å². The van der Waals surface area contributed by atoms with Gasteiger partial charge in [-0.1, -0.05) is 12.1 Å². The lowest BCUT2D eigenvalue weighted by atomic mass is 10.0. The van der Waals surface area contributed by atoms with Gasteiger partial charge in [0.25, 0.3) is 5.92 Å². The molecule has 0 aliphatic carbocycles. The second-order valence-corrected chi connectivity index (χ2v) is 2.92. The molecule has 0 fully saturated rings. The summed E-state index contributed by atoms with van der Waals surface area (Å²) in [4.78, 5) is 0. The molecule has 0 heterocycles. The van der Waals surface area contributed by atoms with E-state index in [1.807, 2.05) is 0 Å². The van der Waals surface area contributed by atoms with Crippen LogP contribution in [0.4, 0.5) is 8.78 Å². The molecule has 14 heavy (non-hydrogen) atoms. The van der Waals surface area contributed by atoms with Crippen LogP contribution in [0.3, 0.4) is 0 Å². The molecule has 1 unspecified atom stereocenters. The SMILES string of the molecule is OCC(F)(F)C(O)c1cccc(O)c1. The van der Waals surface area contributed by atoms with E-state index in [4.69, 9.17) is 15.3 Å². The minimum absolute atomic E-state index is 0.135. The monoisotopic (exact) mass is 204 g/mol. The Labute approximate surface area is 79.2 Å². The Bertz CT molecular complexity index is 315. The van der Waals surface area contributed by atoms with E-state index in [0.29, 0.717) is 0 Å². The van der Waals surface area contributed by atoms with Crippen LogP contribution in [0.1, 0.15) is 11.7 Å². The lowest BCUT2D eigenvalue weighted by Gasteiger charge is -2.20. The van der Waals surface area contributed by atoms with Crippen LogP contribution < -0.4 is 0 Å². The first kappa shape index (κ1) is 10.9. The Morgan fingerprint density at radius 2 is 2.00 bits per heavy atom. The number of halogens is 2. The maximum absolute atomic E-state index is 12.8. The molecular formula is C9H10F2O3. The van der Waals surface area contributed by atoms with Crippen molar-refractivity contribution in [3.05, 3.63) is 29.8 Å². The third-order valence-corrected chi connectivity index (χ3v) is 1.80. The number of phenols is 1. The second-order valence-electron chi connectivity index (χ2n) is 2.92. The molecule has 3 nitrogen and oxygen atoms in total. The van der Waals surface area contributed by atoms with Gasteiger partial charge in [0.05, 0.1) is 0 Å². The van der Waals surface area contributed by atoms with E-state index in [1.54, 1.807) is 0 Å². The molecule has 0 saturated carbocycles. The number of benzene rings is 1. The van der Waals surface area contributed by atoms with Crippen molar-refractivity contribution in [1.29, 1.82) is 0 Å². The lowest BCUT2D eigenvalue weighted by Crippen LogP contribution is -2.30. The number of alkyl halides is 2. The highest BCUT2D eigenvalue weighted by atomic mass is 19.3. The van der Waals surface area contributed by atoms with Crippen molar-refractivity contribution in [3.8, 4) is 5.75 Å². The van der Waals surface area contributed by atoms with Gasteiger partial charge in [0.15, 0.2) is 0 Å². The van der Waals surface area contributed by atoms with E-state index < -0.39 is 18.6 Å². The molecule has 3 N–H and O–H groups in total. The summed E-state index contributed by atoms with van der Waals surface area (Å²) >= 11 is 0. The molecule has 5 heteroatoms. The van der Waals surface area contributed by atoms with E-state index in [0.717, 1.165) is 6.07 Å². The summed E-state index contributed by atoms with van der Waals surface area (Å²) in [5.41, 5.74) is -0.135. The molecule has 1 aromatic carbocycles. The highest BCUT2D eigenvalue weighted by molar-refractivity contribution is 5.29. The number of rotatable bonds is 3. The normalized spacial score (nSPS) is 14.0. The number of phenolic OH excluding ortho intramolecular Hbond substituents is 1. The van der Waals surface area contributed by atoms with Crippen LogP contribution >= 0.6 is 0 Å². The topological polar surface area (TPSA) is 60.7 Å². The van der Waals surface area contributed by atoms with Crippen LogP contribution in [-0.4, -0.2) is 27.8 Å². The molecule has 0 saturated heterocycles. The zero-order valence-electron chi connectivity index (χ0n) is 7.19. The third-order valence-electron chi connectivity index (χ3n) is 1.80. The highest BCUT2D eigenvalue weighted by Crippen LogP contribution is 2.31. The van der Waals surface area contributed by atoms with Gasteiger partial charge in [-0.3, -0.25) is 0 Å². The average Bonchev–Trinajstić information content (AvgIpc) is 2.16. The molecule has 78 valence electrons. The maximum atomic E-state index is 12.8. The fraction of sp³-hybridized carbons (Fsp3) is 0.333. The smallest absolute Gasteiger partial charge is 0.300 e. The molecule has 1 atom stereocenters. The standard InChI is InChI=1S/C9H10F2O3/c10-9(11,5-12)8(14)6-2-1-3-7(13)4-6/h1-4,8,12-14H,5H2. The molecular weight excluding hydrogens is 194 g/mol. The Morgan fingerprint density at radius 3 is 2.50 bits per heavy atom. The van der Waals surface area contributed by atoms with Gasteiger partial charge in [-0.25, -0.2) is 8.78 Å². The van der Waals surface area contributed by atoms with Crippen molar-refractivity contribution >= 4 is 0 Å². The Kier molecular flexibility index (Phi) is 3.03. The molecule has 0 spiro atoms. The maximum Gasteiger partial charge on any atom is 0.300 e. The first-order valence-corrected chi connectivity index (χ1v) is 3.93. The molecule has 1 aromatic rings. The molecule has 0 bridgehead atoms. The van der Waals surface area contributed by atoms with Crippen molar-refractivity contribution in [2.75, 3.05) is 6.61 Å². The van der Waals surface area contributed by atoms with Gasteiger partial charge in [0.1, 0.15) is 18.5 Å². The zero-order valence-corrected chi connectivity index (χ0v) is 7.19. The molecule has 0 radical (unpaired) electrons. The van der Waals surface area contributed by atoms with Crippen molar-refractivity contribution in [1.82, 2.24) is 0 Å². The summed E-state index contributed by atoms with van der Waals surface area (Å²) in [5.74, 6) is -3.82. The van der Waals surface area contributed by atoms with Gasteiger partial charge < -0.3 is 15.3 Å². The summed E-state index contributed by atoms with van der Waals surface area (Å²) in [5, 5.41) is 26.5. The highest BCUT2D eigenvalue weighted by Gasteiger charge is 2.38. The van der Waals surface area contributed by atoms with Crippen LogP contribution in [0.2, 0.25) is 0 Å². The van der Waals surface area contributed by atoms with Crippen molar-refractivity contribution in [3.63, 3.8) is 0 Å². The third kappa shape index (κ3) is 2.18. The van der Waals surface area contributed by atoms with E-state index in [2.05, 4.69) is 0 Å². The summed E-state index contributed by atoms with van der Waals surface area (Å²) in [6.45, 7) is -1.44. The van der Waals surface area contributed by atoms with Crippen LogP contribution in [0.15, 0.2) is 24.3 Å². The molecule has 0 aliphatic heterocycles. The zero-order chi connectivity index (χ0) is 10.8. The van der Waals surface area contributed by atoms with Crippen LogP contribution in [-0.2, 0) is 0 Å².